The monoisotopic (exact) mass is 376 g/mol. The van der Waals surface area contributed by atoms with Gasteiger partial charge in [-0.05, 0) is 38.7 Å². The van der Waals surface area contributed by atoms with E-state index in [-0.39, 0.29) is 11.5 Å². The third-order valence-electron chi connectivity index (χ3n) is 4.16. The van der Waals surface area contributed by atoms with E-state index >= 15 is 0 Å². The van der Waals surface area contributed by atoms with Gasteiger partial charge in [-0.3, -0.25) is 0 Å². The molecule has 140 valence electrons. The van der Waals surface area contributed by atoms with Gasteiger partial charge >= 0.3 is 0 Å². The molecule has 2 aliphatic heterocycles. The van der Waals surface area contributed by atoms with Crippen LogP contribution in [0.15, 0.2) is 0 Å². The van der Waals surface area contributed by atoms with Crippen LogP contribution in [-0.4, -0.2) is 73.9 Å². The van der Waals surface area contributed by atoms with Crippen molar-refractivity contribution in [3.05, 3.63) is 0 Å². The molecule has 24 heavy (non-hydrogen) atoms. The molecular weight excluding hydrogens is 344 g/mol. The van der Waals surface area contributed by atoms with Crippen LogP contribution in [0.25, 0.3) is 0 Å². The van der Waals surface area contributed by atoms with Gasteiger partial charge in [0.05, 0.1) is 33.0 Å². The summed E-state index contributed by atoms with van der Waals surface area (Å²) in [4.78, 5) is 12.5. The zero-order valence-corrected chi connectivity index (χ0v) is 17.5. The highest BCUT2D eigenvalue weighted by atomic mass is 28.4. The molecule has 0 N–H and O–H groups in total. The summed E-state index contributed by atoms with van der Waals surface area (Å²) in [7, 11) is -4.18. The van der Waals surface area contributed by atoms with Gasteiger partial charge in [0.1, 0.15) is 17.6 Å². The quantitative estimate of drug-likeness (QED) is 0.263. The van der Waals surface area contributed by atoms with E-state index in [1.807, 2.05) is 13.1 Å². The Morgan fingerprint density at radius 1 is 1.00 bits per heavy atom. The van der Waals surface area contributed by atoms with Gasteiger partial charge in [-0.2, -0.15) is 0 Å². The second kappa shape index (κ2) is 9.02. The number of carbonyl (C=O) groups is 1. The summed E-state index contributed by atoms with van der Waals surface area (Å²) in [6, 6.07) is 1.01. The molecule has 0 amide bonds. The van der Waals surface area contributed by atoms with E-state index in [0.717, 1.165) is 32.3 Å². The lowest BCUT2D eigenvalue weighted by Gasteiger charge is -2.33. The Kier molecular flexibility index (Phi) is 7.60. The number of hydrogen-bond donors (Lipinski definition) is 0. The van der Waals surface area contributed by atoms with Crippen LogP contribution in [0, 0.1) is 0 Å². The summed E-state index contributed by atoms with van der Waals surface area (Å²) in [6.45, 7) is 12.5. The zero-order valence-electron chi connectivity index (χ0n) is 15.5. The lowest BCUT2D eigenvalue weighted by molar-refractivity contribution is -0.114. The summed E-state index contributed by atoms with van der Waals surface area (Å²) >= 11 is 0. The van der Waals surface area contributed by atoms with Crippen molar-refractivity contribution in [2.24, 2.45) is 0 Å². The van der Waals surface area contributed by atoms with Gasteiger partial charge in [-0.25, -0.2) is 0 Å². The Labute approximate surface area is 147 Å². The molecule has 2 aliphatic rings. The smallest absolute Gasteiger partial charge is 0.248 e. The first-order chi connectivity index (χ1) is 11.3. The predicted octanol–water partition coefficient (Wildman–Crippen LogP) is 2.13. The summed E-state index contributed by atoms with van der Waals surface area (Å²) in [5, 5.41) is 0.238. The van der Waals surface area contributed by atoms with Crippen LogP contribution >= 0.6 is 0 Å². The molecule has 0 radical (unpaired) electrons. The molecule has 0 aliphatic carbocycles. The van der Waals surface area contributed by atoms with Crippen molar-refractivity contribution in [3.8, 4) is 0 Å². The summed E-state index contributed by atoms with van der Waals surface area (Å²) in [5.41, 5.74) is 0. The number of hydrogen-bond acceptors (Lipinski definition) is 6. The minimum absolute atomic E-state index is 0.238. The molecule has 2 saturated heterocycles. The molecule has 0 saturated carbocycles. The molecule has 0 spiro atoms. The van der Waals surface area contributed by atoms with Crippen LogP contribution < -0.4 is 0 Å². The van der Waals surface area contributed by atoms with E-state index in [2.05, 4.69) is 13.1 Å². The highest BCUT2D eigenvalue weighted by molar-refractivity contribution is 7.04. The maximum Gasteiger partial charge on any atom is 0.248 e. The molecule has 0 aromatic heterocycles. The molecule has 8 heteroatoms. The summed E-state index contributed by atoms with van der Waals surface area (Å²) in [5.74, 6) is 0. The Morgan fingerprint density at radius 3 is 2.08 bits per heavy atom. The molecule has 0 aromatic rings. The largest absolute Gasteiger partial charge is 0.451 e. The number of rotatable bonds is 14. The second-order valence-electron chi connectivity index (χ2n) is 7.71. The fourth-order valence-electron chi connectivity index (χ4n) is 2.62. The van der Waals surface area contributed by atoms with Gasteiger partial charge < -0.3 is 27.9 Å². The van der Waals surface area contributed by atoms with E-state index < -0.39 is 16.6 Å². The van der Waals surface area contributed by atoms with Crippen molar-refractivity contribution in [2.75, 3.05) is 39.6 Å². The Balaban J connectivity index is 1.59. The van der Waals surface area contributed by atoms with E-state index in [1.54, 1.807) is 0 Å². The normalized spacial score (nSPS) is 23.3. The van der Waals surface area contributed by atoms with Crippen LogP contribution in [-0.2, 0) is 27.9 Å². The third-order valence-corrected chi connectivity index (χ3v) is 11.6. The highest BCUT2D eigenvalue weighted by Gasteiger charge is 2.38. The van der Waals surface area contributed by atoms with Gasteiger partial charge in [-0.15, -0.1) is 0 Å². The number of carbonyl (C=O) groups excluding carboxylic acids is 1. The standard InChI is InChI=1S/C16H32O6Si2/c1-23(2,9-5-7-18-10-14-12-20-14)22-24(3,4)16(17)6-8-19-11-15-13-21-15/h14-15H,5-13H2,1-4H3. The molecule has 2 fully saturated rings. The van der Waals surface area contributed by atoms with Crippen molar-refractivity contribution in [1.82, 2.24) is 0 Å². The number of epoxide rings is 2. The molecule has 2 unspecified atom stereocenters. The Hall–Kier alpha value is -0.0962. The SMILES string of the molecule is C[Si](C)(CCCOCC1CO1)O[Si](C)(C)C(=O)CCOCC1CO1. The van der Waals surface area contributed by atoms with Crippen LogP contribution in [0.5, 0.6) is 0 Å². The molecule has 0 bridgehead atoms. The maximum absolute atomic E-state index is 12.5. The van der Waals surface area contributed by atoms with Crippen LogP contribution in [0.3, 0.4) is 0 Å². The second-order valence-corrected chi connectivity index (χ2v) is 16.1. The molecule has 0 aromatic carbocycles. The minimum Gasteiger partial charge on any atom is -0.451 e. The fraction of sp³-hybridized carbons (Fsp3) is 0.938. The first-order valence-corrected chi connectivity index (χ1v) is 14.9. The van der Waals surface area contributed by atoms with Crippen LogP contribution in [0.1, 0.15) is 12.8 Å². The summed E-state index contributed by atoms with van der Waals surface area (Å²) in [6.07, 6.45) is 2.00. The van der Waals surface area contributed by atoms with E-state index in [4.69, 9.17) is 23.1 Å². The van der Waals surface area contributed by atoms with Crippen molar-refractivity contribution in [3.63, 3.8) is 0 Å². The highest BCUT2D eigenvalue weighted by Crippen LogP contribution is 2.22. The predicted molar refractivity (Wildman–Crippen MR) is 96.2 cm³/mol. The third kappa shape index (κ3) is 8.33. The van der Waals surface area contributed by atoms with Gasteiger partial charge in [0, 0.05) is 13.0 Å². The maximum atomic E-state index is 12.5. The van der Waals surface area contributed by atoms with Crippen molar-refractivity contribution in [1.29, 1.82) is 0 Å². The number of ether oxygens (including phenoxy) is 4. The van der Waals surface area contributed by atoms with Crippen LogP contribution in [0.2, 0.25) is 32.2 Å². The average molecular weight is 377 g/mol. The van der Waals surface area contributed by atoms with Crippen molar-refractivity contribution >= 4 is 22.0 Å². The molecule has 6 nitrogen and oxygen atoms in total. The zero-order chi connectivity index (χ0) is 17.6. The first-order valence-electron chi connectivity index (χ1n) is 8.91. The van der Waals surface area contributed by atoms with Crippen molar-refractivity contribution in [2.45, 2.75) is 57.3 Å². The molecule has 2 atom stereocenters. The minimum atomic E-state index is -2.33. The van der Waals surface area contributed by atoms with Crippen molar-refractivity contribution < 1.29 is 27.9 Å². The lowest BCUT2D eigenvalue weighted by Crippen LogP contribution is -2.50. The lowest BCUT2D eigenvalue weighted by atomic mass is 10.5. The van der Waals surface area contributed by atoms with Crippen LogP contribution in [0.4, 0.5) is 0 Å². The topological polar surface area (TPSA) is 69.8 Å². The summed E-state index contributed by atoms with van der Waals surface area (Å²) < 4.78 is 27.6. The molecule has 2 rings (SSSR count). The van der Waals surface area contributed by atoms with Gasteiger partial charge in [0.2, 0.25) is 8.32 Å². The molecular formula is C16H32O6Si2. The fourth-order valence-corrected chi connectivity index (χ4v) is 10.7. The van der Waals surface area contributed by atoms with E-state index in [9.17, 15) is 4.79 Å². The van der Waals surface area contributed by atoms with E-state index in [0.29, 0.717) is 32.3 Å². The van der Waals surface area contributed by atoms with E-state index in [1.165, 1.54) is 0 Å². The van der Waals surface area contributed by atoms with Gasteiger partial charge in [0.15, 0.2) is 8.32 Å². The average Bonchev–Trinajstić information content (AvgIpc) is 3.35. The Morgan fingerprint density at radius 2 is 1.54 bits per heavy atom. The first kappa shape index (κ1) is 20.2. The van der Waals surface area contributed by atoms with Gasteiger partial charge in [0.25, 0.3) is 0 Å². The van der Waals surface area contributed by atoms with Gasteiger partial charge in [-0.1, -0.05) is 0 Å². The molecule has 2 heterocycles. The Bertz CT molecular complexity index is 407.